The Kier molecular flexibility index (Phi) is 3.38. The first kappa shape index (κ1) is 12.4. The minimum atomic E-state index is 0.725. The number of hydrogen-bond acceptors (Lipinski definition) is 3. The summed E-state index contributed by atoms with van der Waals surface area (Å²) >= 11 is 6.01. The third kappa shape index (κ3) is 2.56. The van der Waals surface area contributed by atoms with Crippen molar-refractivity contribution in [3.8, 4) is 0 Å². The standard InChI is InChI=1S/C15H16ClN3/c1-17-15-12-6-3-7-13(12)18-14(19-15)9-10-4-2-5-11(16)8-10/h2,4-5,8H,3,6-7,9H2,1H3,(H,17,18,19). The van der Waals surface area contributed by atoms with Crippen LogP contribution in [0.1, 0.15) is 29.1 Å². The van der Waals surface area contributed by atoms with Crippen LogP contribution in [0.15, 0.2) is 24.3 Å². The van der Waals surface area contributed by atoms with Crippen LogP contribution in [0.2, 0.25) is 5.02 Å². The molecule has 0 saturated carbocycles. The fourth-order valence-corrected chi connectivity index (χ4v) is 2.81. The Bertz CT molecular complexity index is 610. The maximum absolute atomic E-state index is 6.01. The van der Waals surface area contributed by atoms with Crippen molar-refractivity contribution < 1.29 is 0 Å². The molecule has 3 rings (SSSR count). The molecule has 3 nitrogen and oxygen atoms in total. The summed E-state index contributed by atoms with van der Waals surface area (Å²) in [5.74, 6) is 1.85. The molecule has 0 fully saturated rings. The molecule has 1 aromatic heterocycles. The summed E-state index contributed by atoms with van der Waals surface area (Å²) in [5, 5.41) is 3.94. The number of rotatable bonds is 3. The van der Waals surface area contributed by atoms with Crippen molar-refractivity contribution in [3.63, 3.8) is 0 Å². The van der Waals surface area contributed by atoms with Crippen molar-refractivity contribution in [1.29, 1.82) is 0 Å². The molecule has 0 amide bonds. The fourth-order valence-electron chi connectivity index (χ4n) is 2.60. The van der Waals surface area contributed by atoms with E-state index < -0.39 is 0 Å². The van der Waals surface area contributed by atoms with E-state index in [9.17, 15) is 0 Å². The van der Waals surface area contributed by atoms with E-state index in [1.165, 1.54) is 17.7 Å². The van der Waals surface area contributed by atoms with Crippen molar-refractivity contribution in [2.24, 2.45) is 0 Å². The van der Waals surface area contributed by atoms with Gasteiger partial charge in [0.05, 0.1) is 0 Å². The second-order valence-electron chi connectivity index (χ2n) is 4.82. The van der Waals surface area contributed by atoms with Gasteiger partial charge in [0, 0.05) is 29.7 Å². The van der Waals surface area contributed by atoms with Crippen LogP contribution in [0.25, 0.3) is 0 Å². The quantitative estimate of drug-likeness (QED) is 0.933. The van der Waals surface area contributed by atoms with Gasteiger partial charge in [-0.25, -0.2) is 9.97 Å². The number of anilines is 1. The third-order valence-electron chi connectivity index (χ3n) is 3.47. The van der Waals surface area contributed by atoms with Gasteiger partial charge in [-0.1, -0.05) is 23.7 Å². The average molecular weight is 274 g/mol. The Labute approximate surface area is 118 Å². The number of halogens is 1. The highest BCUT2D eigenvalue weighted by Gasteiger charge is 2.18. The van der Waals surface area contributed by atoms with Crippen molar-refractivity contribution in [3.05, 3.63) is 51.9 Å². The van der Waals surface area contributed by atoms with Crippen LogP contribution >= 0.6 is 11.6 Å². The van der Waals surface area contributed by atoms with E-state index in [1.54, 1.807) is 0 Å². The molecule has 0 spiro atoms. The highest BCUT2D eigenvalue weighted by Crippen LogP contribution is 2.26. The number of aryl methyl sites for hydroxylation is 1. The maximum atomic E-state index is 6.01. The summed E-state index contributed by atoms with van der Waals surface area (Å²) in [6.07, 6.45) is 4.06. The van der Waals surface area contributed by atoms with Gasteiger partial charge in [0.1, 0.15) is 11.6 Å². The number of nitrogens with zero attached hydrogens (tertiary/aromatic N) is 2. The van der Waals surface area contributed by atoms with Gasteiger partial charge in [0.2, 0.25) is 0 Å². The molecule has 0 bridgehead atoms. The number of fused-ring (bicyclic) bond motifs is 1. The Balaban J connectivity index is 1.93. The third-order valence-corrected chi connectivity index (χ3v) is 3.70. The maximum Gasteiger partial charge on any atom is 0.135 e. The van der Waals surface area contributed by atoms with E-state index in [1.807, 2.05) is 25.2 Å². The first-order valence-corrected chi connectivity index (χ1v) is 6.95. The van der Waals surface area contributed by atoms with E-state index in [2.05, 4.69) is 16.4 Å². The minimum Gasteiger partial charge on any atom is -0.373 e. The Morgan fingerprint density at radius 1 is 1.26 bits per heavy atom. The number of hydrogen-bond donors (Lipinski definition) is 1. The van der Waals surface area contributed by atoms with Crippen LogP contribution in [0.3, 0.4) is 0 Å². The predicted molar refractivity (Wildman–Crippen MR) is 77.9 cm³/mol. The van der Waals surface area contributed by atoms with Crippen LogP contribution < -0.4 is 5.32 Å². The van der Waals surface area contributed by atoms with Crippen LogP contribution in [0, 0.1) is 0 Å². The van der Waals surface area contributed by atoms with Gasteiger partial charge >= 0.3 is 0 Å². The van der Waals surface area contributed by atoms with Crippen LogP contribution in [-0.4, -0.2) is 17.0 Å². The summed E-state index contributed by atoms with van der Waals surface area (Å²) in [6, 6.07) is 7.87. The molecule has 1 aliphatic carbocycles. The van der Waals surface area contributed by atoms with Gasteiger partial charge in [0.15, 0.2) is 0 Å². The SMILES string of the molecule is CNc1nc(Cc2cccc(Cl)c2)nc2c1CCC2. The molecule has 0 radical (unpaired) electrons. The second-order valence-corrected chi connectivity index (χ2v) is 5.26. The van der Waals surface area contributed by atoms with E-state index in [-0.39, 0.29) is 0 Å². The first-order valence-electron chi connectivity index (χ1n) is 6.57. The lowest BCUT2D eigenvalue weighted by molar-refractivity contribution is 0.886. The molecule has 98 valence electrons. The van der Waals surface area contributed by atoms with Gasteiger partial charge in [-0.2, -0.15) is 0 Å². The van der Waals surface area contributed by atoms with E-state index in [4.69, 9.17) is 16.6 Å². The normalized spacial score (nSPS) is 13.4. The molecule has 0 atom stereocenters. The lowest BCUT2D eigenvalue weighted by Crippen LogP contribution is -2.06. The Morgan fingerprint density at radius 2 is 2.16 bits per heavy atom. The molecule has 1 aliphatic rings. The number of benzene rings is 1. The minimum absolute atomic E-state index is 0.725. The van der Waals surface area contributed by atoms with Gasteiger partial charge in [0.25, 0.3) is 0 Å². The van der Waals surface area contributed by atoms with E-state index >= 15 is 0 Å². The molecule has 1 heterocycles. The van der Waals surface area contributed by atoms with Crippen molar-refractivity contribution in [1.82, 2.24) is 9.97 Å². The summed E-state index contributed by atoms with van der Waals surface area (Å²) in [6.45, 7) is 0. The largest absolute Gasteiger partial charge is 0.373 e. The van der Waals surface area contributed by atoms with Crippen molar-refractivity contribution >= 4 is 17.4 Å². The fraction of sp³-hybridized carbons (Fsp3) is 0.333. The lowest BCUT2D eigenvalue weighted by atomic mass is 10.1. The first-order chi connectivity index (χ1) is 9.26. The second kappa shape index (κ2) is 5.17. The average Bonchev–Trinajstić information content (AvgIpc) is 2.86. The molecular formula is C15H16ClN3. The Hall–Kier alpha value is -1.61. The smallest absolute Gasteiger partial charge is 0.135 e. The molecule has 1 aromatic carbocycles. The zero-order valence-corrected chi connectivity index (χ0v) is 11.7. The highest BCUT2D eigenvalue weighted by atomic mass is 35.5. The summed E-state index contributed by atoms with van der Waals surface area (Å²) in [4.78, 5) is 9.32. The summed E-state index contributed by atoms with van der Waals surface area (Å²) in [5.41, 5.74) is 3.64. The van der Waals surface area contributed by atoms with E-state index in [0.29, 0.717) is 0 Å². The Morgan fingerprint density at radius 3 is 2.95 bits per heavy atom. The number of aromatic nitrogens is 2. The number of nitrogens with one attached hydrogen (secondary N) is 1. The van der Waals surface area contributed by atoms with Gasteiger partial charge in [-0.3, -0.25) is 0 Å². The van der Waals surface area contributed by atoms with Gasteiger partial charge < -0.3 is 5.32 Å². The lowest BCUT2D eigenvalue weighted by Gasteiger charge is -2.09. The van der Waals surface area contributed by atoms with Crippen LogP contribution in [0.5, 0.6) is 0 Å². The van der Waals surface area contributed by atoms with Crippen molar-refractivity contribution in [2.45, 2.75) is 25.7 Å². The predicted octanol–water partition coefficient (Wildman–Crippen LogP) is 3.25. The molecule has 2 aromatic rings. The van der Waals surface area contributed by atoms with Crippen molar-refractivity contribution in [2.75, 3.05) is 12.4 Å². The van der Waals surface area contributed by atoms with Gasteiger partial charge in [-0.05, 0) is 37.0 Å². The molecule has 0 unspecified atom stereocenters. The molecule has 19 heavy (non-hydrogen) atoms. The summed E-state index contributed by atoms with van der Waals surface area (Å²) < 4.78 is 0. The highest BCUT2D eigenvalue weighted by molar-refractivity contribution is 6.30. The molecule has 0 aliphatic heterocycles. The molecule has 0 saturated heterocycles. The molecular weight excluding hydrogens is 258 g/mol. The molecule has 1 N–H and O–H groups in total. The monoisotopic (exact) mass is 273 g/mol. The van der Waals surface area contributed by atoms with Crippen LogP contribution in [-0.2, 0) is 19.3 Å². The van der Waals surface area contributed by atoms with Crippen LogP contribution in [0.4, 0.5) is 5.82 Å². The zero-order valence-electron chi connectivity index (χ0n) is 10.9. The topological polar surface area (TPSA) is 37.8 Å². The zero-order chi connectivity index (χ0) is 13.2. The molecule has 4 heteroatoms. The summed E-state index contributed by atoms with van der Waals surface area (Å²) in [7, 11) is 1.92. The van der Waals surface area contributed by atoms with Gasteiger partial charge in [-0.15, -0.1) is 0 Å². The van der Waals surface area contributed by atoms with E-state index in [0.717, 1.165) is 41.5 Å².